The van der Waals surface area contributed by atoms with Gasteiger partial charge in [-0.25, -0.2) is 8.42 Å². The fourth-order valence-corrected chi connectivity index (χ4v) is 5.02. The summed E-state index contributed by atoms with van der Waals surface area (Å²) in [4.78, 5) is 25.4. The average Bonchev–Trinajstić information content (AvgIpc) is 3.37. The van der Waals surface area contributed by atoms with Gasteiger partial charge in [0.25, 0.3) is 11.8 Å². The Morgan fingerprint density at radius 3 is 2.32 bits per heavy atom. The summed E-state index contributed by atoms with van der Waals surface area (Å²) >= 11 is 1.14. The van der Waals surface area contributed by atoms with Gasteiger partial charge in [-0.2, -0.15) is 4.31 Å². The molecule has 2 amide bonds. The van der Waals surface area contributed by atoms with E-state index in [1.54, 1.807) is 51.1 Å². The highest BCUT2D eigenvalue weighted by Crippen LogP contribution is 2.28. The van der Waals surface area contributed by atoms with Crippen molar-refractivity contribution in [2.45, 2.75) is 31.7 Å². The van der Waals surface area contributed by atoms with Gasteiger partial charge in [0.1, 0.15) is 0 Å². The van der Waals surface area contributed by atoms with Crippen LogP contribution >= 0.6 is 11.3 Å². The van der Waals surface area contributed by atoms with Crippen molar-refractivity contribution >= 4 is 43.9 Å². The Labute approximate surface area is 184 Å². The molecular formula is C21H23N3O5S2. The predicted octanol–water partition coefficient (Wildman–Crippen LogP) is 4.18. The monoisotopic (exact) mass is 461 g/mol. The molecule has 3 rings (SSSR count). The first kappa shape index (κ1) is 22.7. The SMILES string of the molecule is Cc1cc(NC(=O)c2ccco2)sc1C(=O)Nc1ccc(S(=O)(=O)N(C)C(C)C)cc1. The van der Waals surface area contributed by atoms with E-state index >= 15 is 0 Å². The maximum atomic E-state index is 12.7. The molecule has 2 aromatic heterocycles. The fraction of sp³-hybridized carbons (Fsp3) is 0.238. The molecule has 0 saturated carbocycles. The number of furan rings is 1. The minimum absolute atomic E-state index is 0.150. The van der Waals surface area contributed by atoms with Crippen molar-refractivity contribution in [2.24, 2.45) is 0 Å². The van der Waals surface area contributed by atoms with E-state index in [1.165, 1.54) is 29.7 Å². The smallest absolute Gasteiger partial charge is 0.291 e. The van der Waals surface area contributed by atoms with E-state index in [9.17, 15) is 18.0 Å². The van der Waals surface area contributed by atoms with Crippen LogP contribution in [0.2, 0.25) is 0 Å². The van der Waals surface area contributed by atoms with Crippen molar-refractivity contribution in [3.8, 4) is 0 Å². The van der Waals surface area contributed by atoms with Crippen LogP contribution in [0.15, 0.2) is 58.0 Å². The molecule has 0 bridgehead atoms. The molecule has 0 aliphatic rings. The Morgan fingerprint density at radius 2 is 1.74 bits per heavy atom. The van der Waals surface area contributed by atoms with Gasteiger partial charge in [-0.15, -0.1) is 11.3 Å². The molecule has 0 fully saturated rings. The molecule has 1 aromatic carbocycles. The normalized spacial score (nSPS) is 11.7. The second kappa shape index (κ2) is 9.04. The third kappa shape index (κ3) is 5.04. The van der Waals surface area contributed by atoms with Crippen LogP contribution in [0.3, 0.4) is 0 Å². The second-order valence-corrected chi connectivity index (χ2v) is 10.2. The number of amides is 2. The van der Waals surface area contributed by atoms with Gasteiger partial charge >= 0.3 is 0 Å². The van der Waals surface area contributed by atoms with Crippen LogP contribution in [0.1, 0.15) is 39.6 Å². The maximum absolute atomic E-state index is 12.7. The molecule has 8 nitrogen and oxygen atoms in total. The molecule has 10 heteroatoms. The minimum Gasteiger partial charge on any atom is -0.459 e. The van der Waals surface area contributed by atoms with Crippen LogP contribution < -0.4 is 10.6 Å². The molecule has 31 heavy (non-hydrogen) atoms. The molecule has 2 N–H and O–H groups in total. The lowest BCUT2D eigenvalue weighted by molar-refractivity contribution is 0.0995. The van der Waals surface area contributed by atoms with Crippen LogP contribution in [0, 0.1) is 6.92 Å². The van der Waals surface area contributed by atoms with Gasteiger partial charge in [-0.3, -0.25) is 9.59 Å². The second-order valence-electron chi connectivity index (χ2n) is 7.15. The largest absolute Gasteiger partial charge is 0.459 e. The Balaban J connectivity index is 1.70. The number of aryl methyl sites for hydroxylation is 1. The van der Waals surface area contributed by atoms with Gasteiger partial charge in [-0.05, 0) is 68.8 Å². The number of sulfonamides is 1. The molecular weight excluding hydrogens is 438 g/mol. The van der Waals surface area contributed by atoms with Gasteiger partial charge in [0.2, 0.25) is 10.0 Å². The summed E-state index contributed by atoms with van der Waals surface area (Å²) in [5, 5.41) is 5.97. The summed E-state index contributed by atoms with van der Waals surface area (Å²) < 4.78 is 31.4. The van der Waals surface area contributed by atoms with E-state index in [0.717, 1.165) is 11.3 Å². The summed E-state index contributed by atoms with van der Waals surface area (Å²) in [7, 11) is -2.07. The topological polar surface area (TPSA) is 109 Å². The van der Waals surface area contributed by atoms with Crippen molar-refractivity contribution in [1.29, 1.82) is 0 Å². The van der Waals surface area contributed by atoms with Crippen molar-refractivity contribution < 1.29 is 22.4 Å². The lowest BCUT2D eigenvalue weighted by Gasteiger charge is -2.21. The van der Waals surface area contributed by atoms with Crippen LogP contribution in [-0.2, 0) is 10.0 Å². The number of anilines is 2. The Kier molecular flexibility index (Phi) is 6.63. The molecule has 0 unspecified atom stereocenters. The molecule has 0 aliphatic carbocycles. The van der Waals surface area contributed by atoms with Gasteiger partial charge in [-0.1, -0.05) is 0 Å². The van der Waals surface area contributed by atoms with Crippen molar-refractivity contribution in [3.63, 3.8) is 0 Å². The summed E-state index contributed by atoms with van der Waals surface area (Å²) in [5.74, 6) is -0.576. The number of nitrogens with one attached hydrogen (secondary N) is 2. The molecule has 0 spiro atoms. The van der Waals surface area contributed by atoms with Crippen molar-refractivity contribution in [2.75, 3.05) is 17.7 Å². The lowest BCUT2D eigenvalue weighted by Crippen LogP contribution is -2.33. The fourth-order valence-electron chi connectivity index (χ4n) is 2.69. The molecule has 3 aromatic rings. The average molecular weight is 462 g/mol. The summed E-state index contributed by atoms with van der Waals surface area (Å²) in [6, 6.07) is 10.7. The predicted molar refractivity (Wildman–Crippen MR) is 120 cm³/mol. The Bertz CT molecular complexity index is 1180. The summed E-state index contributed by atoms with van der Waals surface area (Å²) in [6.07, 6.45) is 1.41. The third-order valence-electron chi connectivity index (χ3n) is 4.62. The van der Waals surface area contributed by atoms with Crippen LogP contribution in [-0.4, -0.2) is 37.6 Å². The quantitative estimate of drug-likeness (QED) is 0.549. The minimum atomic E-state index is -3.59. The molecule has 0 radical (unpaired) electrons. The number of hydrogen-bond donors (Lipinski definition) is 2. The number of benzene rings is 1. The van der Waals surface area contributed by atoms with E-state index < -0.39 is 15.9 Å². The first-order valence-corrected chi connectivity index (χ1v) is 11.7. The van der Waals surface area contributed by atoms with E-state index in [1.807, 2.05) is 0 Å². The number of hydrogen-bond acceptors (Lipinski definition) is 6. The number of nitrogens with zero attached hydrogens (tertiary/aromatic N) is 1. The third-order valence-corrected chi connectivity index (χ3v) is 7.82. The van der Waals surface area contributed by atoms with Gasteiger partial charge in [0.05, 0.1) is 21.0 Å². The van der Waals surface area contributed by atoms with Crippen LogP contribution in [0.5, 0.6) is 0 Å². The van der Waals surface area contributed by atoms with Gasteiger partial charge < -0.3 is 15.1 Å². The summed E-state index contributed by atoms with van der Waals surface area (Å²) in [5.41, 5.74) is 1.17. The highest BCUT2D eigenvalue weighted by Gasteiger charge is 2.23. The number of rotatable bonds is 7. The van der Waals surface area contributed by atoms with E-state index in [-0.39, 0.29) is 22.6 Å². The number of carbonyl (C=O) groups is 2. The zero-order valence-electron chi connectivity index (χ0n) is 17.5. The van der Waals surface area contributed by atoms with Gasteiger partial charge in [0, 0.05) is 18.8 Å². The first-order chi connectivity index (χ1) is 14.6. The van der Waals surface area contributed by atoms with Gasteiger partial charge in [0.15, 0.2) is 5.76 Å². The zero-order valence-corrected chi connectivity index (χ0v) is 19.1. The highest BCUT2D eigenvalue weighted by molar-refractivity contribution is 7.89. The highest BCUT2D eigenvalue weighted by atomic mass is 32.2. The van der Waals surface area contributed by atoms with Crippen molar-refractivity contribution in [3.05, 3.63) is 64.9 Å². The Hall–Kier alpha value is -2.95. The van der Waals surface area contributed by atoms with Crippen molar-refractivity contribution in [1.82, 2.24) is 4.31 Å². The van der Waals surface area contributed by atoms with Crippen LogP contribution in [0.25, 0.3) is 0 Å². The molecule has 164 valence electrons. The Morgan fingerprint density at radius 1 is 1.06 bits per heavy atom. The molecule has 2 heterocycles. The van der Waals surface area contributed by atoms with Crippen LogP contribution in [0.4, 0.5) is 10.7 Å². The maximum Gasteiger partial charge on any atom is 0.291 e. The number of carbonyl (C=O) groups excluding carboxylic acids is 2. The zero-order chi connectivity index (χ0) is 22.8. The standard InChI is InChI=1S/C21H23N3O5S2/c1-13(2)24(4)31(27,28)16-9-7-15(8-10-16)22-21(26)19-14(3)12-18(30-19)23-20(25)17-6-5-11-29-17/h5-13H,1-4H3,(H,22,26)(H,23,25). The lowest BCUT2D eigenvalue weighted by atomic mass is 10.2. The van der Waals surface area contributed by atoms with E-state index in [0.29, 0.717) is 21.1 Å². The molecule has 0 atom stereocenters. The molecule has 0 saturated heterocycles. The molecule has 0 aliphatic heterocycles. The van der Waals surface area contributed by atoms with E-state index in [2.05, 4.69) is 10.6 Å². The summed E-state index contributed by atoms with van der Waals surface area (Å²) in [6.45, 7) is 5.35. The number of thiophene rings is 1. The van der Waals surface area contributed by atoms with E-state index in [4.69, 9.17) is 4.42 Å². The first-order valence-electron chi connectivity index (χ1n) is 9.44.